The molecular formula is C22H29NO5S. The third kappa shape index (κ3) is 3.84. The average molecular weight is 420 g/mol. The number of thiophene rings is 1. The molecule has 158 valence electrons. The maximum atomic E-state index is 13.3. The molecule has 2 aliphatic rings. The van der Waals surface area contributed by atoms with E-state index in [9.17, 15) is 19.5 Å². The van der Waals surface area contributed by atoms with Crippen LogP contribution in [0.2, 0.25) is 0 Å². The molecule has 2 fully saturated rings. The average Bonchev–Trinajstić information content (AvgIpc) is 3.32. The van der Waals surface area contributed by atoms with Gasteiger partial charge in [-0.15, -0.1) is 11.3 Å². The Labute approximate surface area is 175 Å². The number of allylic oxidation sites excluding steroid dienone is 2. The molecule has 2 bridgehead atoms. The molecule has 0 saturated heterocycles. The summed E-state index contributed by atoms with van der Waals surface area (Å²) in [7, 11) is 0. The number of esters is 1. The molecule has 29 heavy (non-hydrogen) atoms. The van der Waals surface area contributed by atoms with Crippen molar-refractivity contribution in [2.75, 3.05) is 11.9 Å². The lowest BCUT2D eigenvalue weighted by molar-refractivity contribution is -0.148. The molecule has 0 aliphatic heterocycles. The summed E-state index contributed by atoms with van der Waals surface area (Å²) >= 11 is 1.35. The van der Waals surface area contributed by atoms with Gasteiger partial charge in [-0.3, -0.25) is 9.59 Å². The number of fused-ring (bicyclic) bond motifs is 2. The van der Waals surface area contributed by atoms with E-state index < -0.39 is 23.8 Å². The van der Waals surface area contributed by atoms with Crippen molar-refractivity contribution >= 4 is 34.2 Å². The molecular weight excluding hydrogens is 390 g/mol. The maximum Gasteiger partial charge on any atom is 0.341 e. The van der Waals surface area contributed by atoms with Gasteiger partial charge in [0.15, 0.2) is 0 Å². The predicted molar refractivity (Wildman–Crippen MR) is 112 cm³/mol. The van der Waals surface area contributed by atoms with Crippen molar-refractivity contribution < 1.29 is 24.2 Å². The van der Waals surface area contributed by atoms with Crippen molar-refractivity contribution in [3.63, 3.8) is 0 Å². The summed E-state index contributed by atoms with van der Waals surface area (Å²) in [6.45, 7) is 10.0. The number of carbonyl (C=O) groups is 3. The highest BCUT2D eigenvalue weighted by atomic mass is 32.1. The Morgan fingerprint density at radius 3 is 2.34 bits per heavy atom. The van der Waals surface area contributed by atoms with Crippen molar-refractivity contribution in [1.29, 1.82) is 0 Å². The van der Waals surface area contributed by atoms with E-state index in [-0.39, 0.29) is 30.3 Å². The first-order valence-electron chi connectivity index (χ1n) is 10.2. The molecule has 0 aromatic carbocycles. The third-order valence-corrected chi connectivity index (χ3v) is 7.41. The van der Waals surface area contributed by atoms with Crippen LogP contribution in [0.4, 0.5) is 5.00 Å². The highest BCUT2D eigenvalue weighted by molar-refractivity contribution is 7.16. The molecule has 1 heterocycles. The molecule has 2 N–H and O–H groups in total. The van der Waals surface area contributed by atoms with Crippen LogP contribution in [0.1, 0.15) is 68.6 Å². The van der Waals surface area contributed by atoms with Crippen LogP contribution in [0.25, 0.3) is 0 Å². The van der Waals surface area contributed by atoms with E-state index in [1.54, 1.807) is 13.0 Å². The number of amides is 1. The summed E-state index contributed by atoms with van der Waals surface area (Å²) < 4.78 is 5.14. The summed E-state index contributed by atoms with van der Waals surface area (Å²) in [5.41, 5.74) is 2.59. The van der Waals surface area contributed by atoms with Crippen molar-refractivity contribution in [3.8, 4) is 0 Å². The number of carboxylic acids is 1. The Bertz CT molecular complexity index is 865. The lowest BCUT2D eigenvalue weighted by atomic mass is 9.79. The van der Waals surface area contributed by atoms with Crippen molar-refractivity contribution in [1.82, 2.24) is 0 Å². The minimum Gasteiger partial charge on any atom is -0.481 e. The highest BCUT2D eigenvalue weighted by Crippen LogP contribution is 2.57. The van der Waals surface area contributed by atoms with Crippen LogP contribution in [0.15, 0.2) is 17.2 Å². The number of anilines is 1. The number of carbonyl (C=O) groups excluding carboxylic acids is 2. The standard InChI is InChI=1S/C22H29NO5S/c1-6-28-22(27)14-9-15(10(2)3)29-20(14)23-19(24)17-12-7-8-13(16(12)11(4)5)18(17)21(25)26/h9-10,12-13,17-18H,6-8H2,1-5H3,(H,23,24)(H,25,26)/t12-,13-,17+,18-/m0/s1. The number of rotatable bonds is 6. The Kier molecular flexibility index (Phi) is 6.17. The fourth-order valence-corrected chi connectivity index (χ4v) is 6.00. The maximum absolute atomic E-state index is 13.3. The van der Waals surface area contributed by atoms with Crippen molar-refractivity contribution in [2.24, 2.45) is 23.7 Å². The zero-order valence-corrected chi connectivity index (χ0v) is 18.4. The van der Waals surface area contributed by atoms with Gasteiger partial charge < -0.3 is 15.2 Å². The minimum absolute atomic E-state index is 0.0401. The van der Waals surface area contributed by atoms with Crippen LogP contribution in [-0.4, -0.2) is 29.6 Å². The highest BCUT2D eigenvalue weighted by Gasteiger charge is 2.57. The zero-order chi connectivity index (χ0) is 21.5. The molecule has 0 unspecified atom stereocenters. The SMILES string of the molecule is CCOC(=O)c1cc(C(C)C)sc1NC(=O)[C@H]1[C@@H](C(=O)O)[C@H]2CC[C@H]1C2=C(C)C. The molecule has 0 spiro atoms. The first kappa shape index (κ1) is 21.6. The molecule has 4 atom stereocenters. The first-order valence-corrected chi connectivity index (χ1v) is 11.0. The third-order valence-electron chi connectivity index (χ3n) is 6.06. The van der Waals surface area contributed by atoms with Crippen LogP contribution in [0.3, 0.4) is 0 Å². The van der Waals surface area contributed by atoms with Crippen molar-refractivity contribution in [2.45, 2.75) is 53.4 Å². The molecule has 2 aliphatic carbocycles. The van der Waals surface area contributed by atoms with E-state index >= 15 is 0 Å². The van der Waals surface area contributed by atoms with Gasteiger partial charge in [-0.25, -0.2) is 4.79 Å². The summed E-state index contributed by atoms with van der Waals surface area (Å²) in [6, 6.07) is 1.76. The zero-order valence-electron chi connectivity index (χ0n) is 17.6. The minimum atomic E-state index is -0.921. The molecule has 7 heteroatoms. The molecule has 0 radical (unpaired) electrons. The number of ether oxygens (including phenoxy) is 1. The number of hydrogen-bond donors (Lipinski definition) is 2. The van der Waals surface area contributed by atoms with Gasteiger partial charge in [0, 0.05) is 4.88 Å². The smallest absolute Gasteiger partial charge is 0.341 e. The number of hydrogen-bond acceptors (Lipinski definition) is 5. The van der Waals surface area contributed by atoms with Gasteiger partial charge in [-0.05, 0) is 57.4 Å². The Hall–Kier alpha value is -2.15. The first-order chi connectivity index (χ1) is 13.7. The molecule has 2 saturated carbocycles. The predicted octanol–water partition coefficient (Wildman–Crippen LogP) is 4.68. The number of carboxylic acid groups (broad SMARTS) is 1. The van der Waals surface area contributed by atoms with Gasteiger partial charge in [0.2, 0.25) is 5.91 Å². The largest absolute Gasteiger partial charge is 0.481 e. The van der Waals surface area contributed by atoms with Crippen LogP contribution >= 0.6 is 11.3 Å². The number of nitrogens with one attached hydrogen (secondary N) is 1. The summed E-state index contributed by atoms with van der Waals surface area (Å²) in [5.74, 6) is -2.95. The second-order valence-electron chi connectivity index (χ2n) is 8.39. The Morgan fingerprint density at radius 1 is 1.21 bits per heavy atom. The van der Waals surface area contributed by atoms with Gasteiger partial charge in [-0.1, -0.05) is 25.0 Å². The van der Waals surface area contributed by atoms with Gasteiger partial charge in [0.1, 0.15) is 5.00 Å². The summed E-state index contributed by atoms with van der Waals surface area (Å²) in [5, 5.41) is 13.2. The normalized spacial score (nSPS) is 25.4. The fourth-order valence-electron chi connectivity index (χ4n) is 4.95. The van der Waals surface area contributed by atoms with E-state index in [4.69, 9.17) is 4.74 Å². The lowest BCUT2D eigenvalue weighted by Gasteiger charge is -2.26. The quantitative estimate of drug-likeness (QED) is 0.516. The van der Waals surface area contributed by atoms with Crippen LogP contribution < -0.4 is 5.32 Å². The van der Waals surface area contributed by atoms with E-state index in [2.05, 4.69) is 5.32 Å². The summed E-state index contributed by atoms with van der Waals surface area (Å²) in [4.78, 5) is 38.6. The fraction of sp³-hybridized carbons (Fsp3) is 0.591. The van der Waals surface area contributed by atoms with E-state index in [1.807, 2.05) is 27.7 Å². The summed E-state index contributed by atoms with van der Waals surface area (Å²) in [6.07, 6.45) is 1.65. The van der Waals surface area contributed by atoms with Crippen LogP contribution in [-0.2, 0) is 14.3 Å². The van der Waals surface area contributed by atoms with Gasteiger partial charge in [0.25, 0.3) is 0 Å². The molecule has 1 aromatic rings. The van der Waals surface area contributed by atoms with Gasteiger partial charge in [-0.2, -0.15) is 0 Å². The van der Waals surface area contributed by atoms with Gasteiger partial charge in [0.05, 0.1) is 24.0 Å². The second kappa shape index (κ2) is 8.30. The topological polar surface area (TPSA) is 92.7 Å². The van der Waals surface area contributed by atoms with E-state index in [0.29, 0.717) is 10.6 Å². The lowest BCUT2D eigenvalue weighted by Crippen LogP contribution is -2.37. The van der Waals surface area contributed by atoms with Crippen LogP contribution in [0, 0.1) is 23.7 Å². The molecule has 1 aromatic heterocycles. The molecule has 1 amide bonds. The monoisotopic (exact) mass is 419 g/mol. The molecule has 3 rings (SSSR count). The Balaban J connectivity index is 1.93. The van der Waals surface area contributed by atoms with Crippen molar-refractivity contribution in [3.05, 3.63) is 27.7 Å². The van der Waals surface area contributed by atoms with Crippen LogP contribution in [0.5, 0.6) is 0 Å². The van der Waals surface area contributed by atoms with Gasteiger partial charge >= 0.3 is 11.9 Å². The molecule has 6 nitrogen and oxygen atoms in total. The van der Waals surface area contributed by atoms with E-state index in [1.165, 1.54) is 11.3 Å². The Morgan fingerprint density at radius 2 is 1.83 bits per heavy atom. The number of aliphatic carboxylic acids is 1. The van der Waals surface area contributed by atoms with E-state index in [0.717, 1.165) is 28.9 Å². The second-order valence-corrected chi connectivity index (χ2v) is 9.48.